The quantitative estimate of drug-likeness (QED) is 0.0149. The lowest BCUT2D eigenvalue weighted by Crippen LogP contribution is -2.34. The first-order valence-corrected chi connectivity index (χ1v) is 24.1. The van der Waals surface area contributed by atoms with Gasteiger partial charge in [-0.3, -0.25) is 23.4 Å². The van der Waals surface area contributed by atoms with Gasteiger partial charge in [0.05, 0.1) is 31.5 Å². The highest BCUT2D eigenvalue weighted by atomic mass is 31.2. The fourth-order valence-corrected chi connectivity index (χ4v) is 7.58. The molecule has 0 amide bonds. The highest BCUT2D eigenvalue weighted by Gasteiger charge is 2.39. The number of unbranched alkanes of at least 4 members (excludes halogenated alkanes) is 9. The van der Waals surface area contributed by atoms with Gasteiger partial charge in [0, 0.05) is 25.2 Å². The van der Waals surface area contributed by atoms with E-state index in [0.29, 0.717) is 38.5 Å². The van der Waals surface area contributed by atoms with E-state index in [-0.39, 0.29) is 24.7 Å². The Labute approximate surface area is 365 Å². The number of aliphatic carboxylic acids is 1. The van der Waals surface area contributed by atoms with Gasteiger partial charge < -0.3 is 40.5 Å². The molecule has 0 heterocycles. The average Bonchev–Trinajstić information content (AvgIpc) is 3.49. The van der Waals surface area contributed by atoms with E-state index in [0.717, 1.165) is 83.5 Å². The number of aliphatic hydroxyl groups excluding tert-OH is 3. The molecule has 1 saturated carbocycles. The largest absolute Gasteiger partial charge is 0.480 e. The number of phosphoric ester groups is 1. The molecule has 0 aliphatic heterocycles. The SMILES string of the molecule is CC/C=C\C/C=C\C/C=C\C/C=C\CCCCCCC(=O)O[C@H](COC(=O)CCCCCC[C@@H]1[C@@H](/C=C/[C@@H](O)CCCCC)[C@H](O)C[C@@H]1O)COP(=O)(O)OC[C@H](N)C(=O)O. The van der Waals surface area contributed by atoms with Crippen molar-refractivity contribution in [1.82, 2.24) is 0 Å². The number of hydrogen-bond acceptors (Lipinski definition) is 12. The summed E-state index contributed by atoms with van der Waals surface area (Å²) in [5.41, 5.74) is 5.33. The van der Waals surface area contributed by atoms with E-state index in [9.17, 15) is 39.2 Å². The number of allylic oxidation sites excluding steroid dienone is 8. The Morgan fingerprint density at radius 1 is 0.738 bits per heavy atom. The van der Waals surface area contributed by atoms with Gasteiger partial charge in [0.2, 0.25) is 0 Å². The molecule has 0 aromatic carbocycles. The molecule has 1 aliphatic carbocycles. The van der Waals surface area contributed by atoms with Gasteiger partial charge in [-0.25, -0.2) is 4.57 Å². The predicted molar refractivity (Wildman–Crippen MR) is 237 cm³/mol. The summed E-state index contributed by atoms with van der Waals surface area (Å²) in [6.07, 6.45) is 33.5. The number of carbonyl (C=O) groups excluding carboxylic acids is 2. The molecular formula is C46H78NO13P. The monoisotopic (exact) mass is 884 g/mol. The summed E-state index contributed by atoms with van der Waals surface area (Å²) in [7, 11) is -4.78. The van der Waals surface area contributed by atoms with Crippen molar-refractivity contribution in [2.45, 2.75) is 179 Å². The molecule has 15 heteroatoms. The second kappa shape index (κ2) is 35.5. The van der Waals surface area contributed by atoms with E-state index in [1.54, 1.807) is 6.08 Å². The van der Waals surface area contributed by atoms with Gasteiger partial charge in [0.15, 0.2) is 6.10 Å². The second-order valence-corrected chi connectivity index (χ2v) is 17.2. The first-order valence-electron chi connectivity index (χ1n) is 22.6. The van der Waals surface area contributed by atoms with Gasteiger partial charge in [0.1, 0.15) is 12.6 Å². The standard InChI is InChI=1S/C46H78NO13P/c1-3-5-7-8-9-10-11-12-13-14-15-16-17-18-19-20-26-30-45(52)60-38(35-58-61(55,56)59-36-41(47)46(53)54)34-57-44(51)29-25-22-21-24-28-39-40(43(50)33-42(39)49)32-31-37(48)27-23-6-4-2/h5,7,9-10,12-13,15-16,31-32,37-43,48-50H,3-4,6,8,11,14,17-30,33-36,47H2,1-2H3,(H,53,54)(H,55,56)/b7-5-,10-9-,13-12-,16-15-,32-31+/t37-,38+,39+,40+,41-,42-,43+/m0/s1. The zero-order valence-corrected chi connectivity index (χ0v) is 37.7. The smallest absolute Gasteiger partial charge is 0.472 e. The topological polar surface area (TPSA) is 232 Å². The van der Waals surface area contributed by atoms with Gasteiger partial charge in [-0.15, -0.1) is 0 Å². The fourth-order valence-electron chi connectivity index (χ4n) is 6.80. The Hall–Kier alpha value is -2.94. The first kappa shape index (κ1) is 56.1. The molecular weight excluding hydrogens is 805 g/mol. The van der Waals surface area contributed by atoms with Crippen LogP contribution in [-0.2, 0) is 37.5 Å². The lowest BCUT2D eigenvalue weighted by atomic mass is 9.88. The van der Waals surface area contributed by atoms with E-state index < -0.39 is 76.0 Å². The van der Waals surface area contributed by atoms with Gasteiger partial charge in [-0.05, 0) is 70.1 Å². The Bertz CT molecular complexity index is 1380. The number of hydrogen-bond donors (Lipinski definition) is 6. The van der Waals surface area contributed by atoms with Crippen LogP contribution in [0.1, 0.15) is 149 Å². The number of rotatable bonds is 37. The molecule has 8 atom stereocenters. The molecule has 14 nitrogen and oxygen atoms in total. The highest BCUT2D eigenvalue weighted by molar-refractivity contribution is 7.47. The molecule has 350 valence electrons. The van der Waals surface area contributed by atoms with E-state index in [2.05, 4.69) is 67.0 Å². The molecule has 0 aromatic heterocycles. The Kier molecular flexibility index (Phi) is 32.6. The van der Waals surface area contributed by atoms with E-state index in [1.165, 1.54) is 0 Å². The molecule has 1 rings (SSSR count). The number of esters is 2. The molecule has 0 bridgehead atoms. The van der Waals surface area contributed by atoms with Crippen molar-refractivity contribution in [3.63, 3.8) is 0 Å². The van der Waals surface area contributed by atoms with Crippen molar-refractivity contribution in [2.24, 2.45) is 17.6 Å². The number of aliphatic hydroxyl groups is 3. The molecule has 1 unspecified atom stereocenters. The number of carboxylic acids is 1. The summed E-state index contributed by atoms with van der Waals surface area (Å²) in [6, 6.07) is -1.56. The van der Waals surface area contributed by atoms with Crippen LogP contribution < -0.4 is 5.73 Å². The van der Waals surface area contributed by atoms with Crippen LogP contribution in [0.5, 0.6) is 0 Å². The minimum Gasteiger partial charge on any atom is -0.480 e. The van der Waals surface area contributed by atoms with Crippen LogP contribution in [0.3, 0.4) is 0 Å². The highest BCUT2D eigenvalue weighted by Crippen LogP contribution is 2.43. The number of nitrogens with two attached hydrogens (primary N) is 1. The van der Waals surface area contributed by atoms with Crippen molar-refractivity contribution in [1.29, 1.82) is 0 Å². The third-order valence-electron chi connectivity index (χ3n) is 10.4. The van der Waals surface area contributed by atoms with Crippen LogP contribution in [0.25, 0.3) is 0 Å². The van der Waals surface area contributed by atoms with E-state index in [1.807, 2.05) is 6.08 Å². The molecule has 0 saturated heterocycles. The molecule has 0 aromatic rings. The maximum absolute atomic E-state index is 12.7. The van der Waals surface area contributed by atoms with Crippen LogP contribution in [0, 0.1) is 11.8 Å². The summed E-state index contributed by atoms with van der Waals surface area (Å²) in [4.78, 5) is 46.2. The first-order chi connectivity index (χ1) is 29.3. The van der Waals surface area contributed by atoms with Crippen LogP contribution in [0.4, 0.5) is 0 Å². The Morgan fingerprint density at radius 3 is 1.97 bits per heavy atom. The second-order valence-electron chi connectivity index (χ2n) is 15.8. The zero-order valence-electron chi connectivity index (χ0n) is 36.8. The minimum absolute atomic E-state index is 0.0865. The number of carboxylic acid groups (broad SMARTS) is 1. The van der Waals surface area contributed by atoms with Gasteiger partial charge in [-0.2, -0.15) is 0 Å². The lowest BCUT2D eigenvalue weighted by Gasteiger charge is -2.21. The van der Waals surface area contributed by atoms with Crippen LogP contribution in [-0.4, -0.2) is 93.5 Å². The maximum atomic E-state index is 12.7. The Morgan fingerprint density at radius 2 is 1.33 bits per heavy atom. The van der Waals surface area contributed by atoms with Crippen LogP contribution in [0.2, 0.25) is 0 Å². The van der Waals surface area contributed by atoms with E-state index >= 15 is 0 Å². The number of phosphoric acid groups is 1. The molecule has 0 spiro atoms. The van der Waals surface area contributed by atoms with Gasteiger partial charge >= 0.3 is 25.7 Å². The maximum Gasteiger partial charge on any atom is 0.472 e. The van der Waals surface area contributed by atoms with Crippen molar-refractivity contribution in [3.05, 3.63) is 60.8 Å². The summed E-state index contributed by atoms with van der Waals surface area (Å²) in [6.45, 7) is 2.34. The summed E-state index contributed by atoms with van der Waals surface area (Å²) < 4.78 is 32.7. The minimum atomic E-state index is -4.78. The molecule has 0 radical (unpaired) electrons. The average molecular weight is 884 g/mol. The molecule has 7 N–H and O–H groups in total. The normalized spacial score (nSPS) is 20.9. The third kappa shape index (κ3) is 29.9. The fraction of sp³-hybridized carbons (Fsp3) is 0.717. The zero-order chi connectivity index (χ0) is 45.1. The number of ether oxygens (including phenoxy) is 2. The summed E-state index contributed by atoms with van der Waals surface area (Å²) >= 11 is 0. The third-order valence-corrected chi connectivity index (χ3v) is 11.3. The van der Waals surface area contributed by atoms with Gasteiger partial charge in [-0.1, -0.05) is 126 Å². The lowest BCUT2D eigenvalue weighted by molar-refractivity contribution is -0.161. The van der Waals surface area contributed by atoms with Crippen molar-refractivity contribution >= 4 is 25.7 Å². The molecule has 1 aliphatic rings. The summed E-state index contributed by atoms with van der Waals surface area (Å²) in [5, 5.41) is 40.3. The van der Waals surface area contributed by atoms with Crippen molar-refractivity contribution in [2.75, 3.05) is 19.8 Å². The summed E-state index contributed by atoms with van der Waals surface area (Å²) in [5.74, 6) is -2.92. The molecule has 61 heavy (non-hydrogen) atoms. The van der Waals surface area contributed by atoms with Crippen LogP contribution >= 0.6 is 7.82 Å². The van der Waals surface area contributed by atoms with Crippen molar-refractivity contribution < 1.29 is 62.8 Å². The predicted octanol–water partition coefficient (Wildman–Crippen LogP) is 8.33. The number of carbonyl (C=O) groups is 3. The van der Waals surface area contributed by atoms with Crippen molar-refractivity contribution in [3.8, 4) is 0 Å². The van der Waals surface area contributed by atoms with Gasteiger partial charge in [0.25, 0.3) is 0 Å². The Balaban J connectivity index is 2.48. The molecule has 1 fully saturated rings. The van der Waals surface area contributed by atoms with E-state index in [4.69, 9.17) is 24.8 Å². The van der Waals surface area contributed by atoms with Crippen LogP contribution in [0.15, 0.2) is 60.8 Å².